The second-order valence-corrected chi connectivity index (χ2v) is 19.1. The molecule has 0 aliphatic heterocycles. The number of hydrogen-bond acceptors (Lipinski definition) is 6. The fourth-order valence-corrected chi connectivity index (χ4v) is 7.72. The summed E-state index contributed by atoms with van der Waals surface area (Å²) in [6, 6.07) is -0.622. The lowest BCUT2D eigenvalue weighted by Crippen LogP contribution is -2.50. The topological polar surface area (TPSA) is 99.1 Å². The average Bonchev–Trinajstić information content (AvgIpc) is 3.27. The standard InChI is InChI=1S/C57H101NO7/c1-6-8-10-12-14-16-18-20-22-24-26-28-30-32-34-36-38-40-42-44-46-48-56(60)65-53(51-63-50-49-54(57(61)62)58(3,4)5)52-64-55(59)47-45-43-41-39-37-35-33-31-29-27-25-23-21-19-17-15-13-11-9-7-2/h14,16,20,22,26-29,32,34,53-54H,6-13,15,17-19,21,23-25,30-31,33,35-52H2,1-5H3/p+1/b16-14+,22-20+,28-26+,29-27+,34-32+. The molecular formula is C57H102NO7+. The van der Waals surface area contributed by atoms with Crippen molar-refractivity contribution in [3.8, 4) is 0 Å². The molecular weight excluding hydrogens is 811 g/mol. The number of likely N-dealkylation sites (N-methyl/N-ethyl adjacent to an activating group) is 1. The van der Waals surface area contributed by atoms with E-state index in [9.17, 15) is 19.5 Å². The van der Waals surface area contributed by atoms with E-state index in [1.165, 1.54) is 122 Å². The van der Waals surface area contributed by atoms with E-state index in [0.29, 0.717) is 19.3 Å². The van der Waals surface area contributed by atoms with E-state index < -0.39 is 18.1 Å². The second-order valence-electron chi connectivity index (χ2n) is 19.1. The molecule has 0 fully saturated rings. The molecule has 2 atom stereocenters. The van der Waals surface area contributed by atoms with Crippen LogP contribution in [0.4, 0.5) is 0 Å². The van der Waals surface area contributed by atoms with Gasteiger partial charge in [-0.3, -0.25) is 9.59 Å². The van der Waals surface area contributed by atoms with Crippen LogP contribution < -0.4 is 0 Å². The smallest absolute Gasteiger partial charge is 0.362 e. The predicted octanol–water partition coefficient (Wildman–Crippen LogP) is 15.7. The summed E-state index contributed by atoms with van der Waals surface area (Å²) in [5.74, 6) is -1.49. The molecule has 0 radical (unpaired) electrons. The van der Waals surface area contributed by atoms with Gasteiger partial charge < -0.3 is 23.8 Å². The van der Waals surface area contributed by atoms with Crippen molar-refractivity contribution in [2.45, 2.75) is 244 Å². The molecule has 1 N–H and O–H groups in total. The number of ether oxygens (including phenoxy) is 3. The predicted molar refractivity (Wildman–Crippen MR) is 275 cm³/mol. The van der Waals surface area contributed by atoms with E-state index in [2.05, 4.69) is 74.6 Å². The SMILES string of the molecule is CCCCC/C=C/C/C=C/C/C=C/C/C=C/CCCCCCCC(=O)OC(COCCC(C(=O)O)[N+](C)(C)C)COC(=O)CCCCCCCCC/C=C/CCCCCCCCCCC. The number of carbonyl (C=O) groups excluding carboxylic acids is 2. The summed E-state index contributed by atoms with van der Waals surface area (Å²) < 4.78 is 17.4. The minimum atomic E-state index is -0.879. The van der Waals surface area contributed by atoms with Crippen molar-refractivity contribution >= 4 is 17.9 Å². The Morgan fingerprint density at radius 3 is 1.25 bits per heavy atom. The van der Waals surface area contributed by atoms with E-state index >= 15 is 0 Å². The lowest BCUT2D eigenvalue weighted by molar-refractivity contribution is -0.887. The van der Waals surface area contributed by atoms with Gasteiger partial charge >= 0.3 is 17.9 Å². The van der Waals surface area contributed by atoms with Gasteiger partial charge in [0.25, 0.3) is 0 Å². The van der Waals surface area contributed by atoms with Gasteiger partial charge in [0.05, 0.1) is 34.4 Å². The number of quaternary nitrogens is 1. The molecule has 8 heteroatoms. The highest BCUT2D eigenvalue weighted by Crippen LogP contribution is 2.15. The number of carboxylic acid groups (broad SMARTS) is 1. The van der Waals surface area contributed by atoms with E-state index in [-0.39, 0.29) is 36.2 Å². The van der Waals surface area contributed by atoms with Gasteiger partial charge in [-0.25, -0.2) is 4.79 Å². The minimum Gasteiger partial charge on any atom is -0.477 e. The number of rotatable bonds is 48. The molecule has 0 bridgehead atoms. The van der Waals surface area contributed by atoms with Crippen LogP contribution in [0.2, 0.25) is 0 Å². The Hall–Kier alpha value is -2.97. The molecule has 0 aromatic carbocycles. The number of carbonyl (C=O) groups is 3. The molecule has 0 aliphatic rings. The maximum Gasteiger partial charge on any atom is 0.362 e. The average molecular weight is 913 g/mol. The largest absolute Gasteiger partial charge is 0.477 e. The van der Waals surface area contributed by atoms with Crippen LogP contribution in [0.15, 0.2) is 60.8 Å². The zero-order valence-corrected chi connectivity index (χ0v) is 42.9. The summed E-state index contributed by atoms with van der Waals surface area (Å²) in [5, 5.41) is 9.66. The van der Waals surface area contributed by atoms with Crippen LogP contribution in [-0.4, -0.2) is 80.6 Å². The van der Waals surface area contributed by atoms with Gasteiger partial charge in [0, 0.05) is 19.3 Å². The zero-order chi connectivity index (χ0) is 47.7. The van der Waals surface area contributed by atoms with Crippen molar-refractivity contribution in [1.29, 1.82) is 0 Å². The molecule has 0 heterocycles. The fraction of sp³-hybridized carbons (Fsp3) is 0.772. The van der Waals surface area contributed by atoms with Crippen molar-refractivity contribution in [2.24, 2.45) is 0 Å². The van der Waals surface area contributed by atoms with E-state index in [4.69, 9.17) is 14.2 Å². The maximum absolute atomic E-state index is 12.8. The fourth-order valence-electron chi connectivity index (χ4n) is 7.72. The van der Waals surface area contributed by atoms with Gasteiger partial charge in [0.1, 0.15) is 6.61 Å². The Bertz CT molecular complexity index is 1250. The third-order valence-electron chi connectivity index (χ3n) is 11.9. The van der Waals surface area contributed by atoms with Crippen LogP contribution in [0.3, 0.4) is 0 Å². The first-order valence-corrected chi connectivity index (χ1v) is 26.8. The Kier molecular flexibility index (Phi) is 45.3. The van der Waals surface area contributed by atoms with Crippen molar-refractivity contribution < 1.29 is 38.2 Å². The Morgan fingerprint density at radius 2 is 0.815 bits per heavy atom. The summed E-state index contributed by atoms with van der Waals surface area (Å²) in [6.45, 7) is 4.70. The van der Waals surface area contributed by atoms with Crippen LogP contribution >= 0.6 is 0 Å². The molecule has 0 saturated carbocycles. The highest BCUT2D eigenvalue weighted by Gasteiger charge is 2.31. The van der Waals surface area contributed by atoms with Crippen molar-refractivity contribution in [3.63, 3.8) is 0 Å². The number of aliphatic carboxylic acids is 1. The number of allylic oxidation sites excluding steroid dienone is 10. The summed E-state index contributed by atoms with van der Waals surface area (Å²) in [7, 11) is 5.53. The van der Waals surface area contributed by atoms with Crippen LogP contribution in [-0.2, 0) is 28.6 Å². The molecule has 0 spiro atoms. The lowest BCUT2D eigenvalue weighted by Gasteiger charge is -2.31. The van der Waals surface area contributed by atoms with Gasteiger partial charge in [-0.1, -0.05) is 190 Å². The lowest BCUT2D eigenvalue weighted by atomic mass is 10.1. The Morgan fingerprint density at radius 1 is 0.462 bits per heavy atom. The van der Waals surface area contributed by atoms with Crippen LogP contribution in [0.1, 0.15) is 232 Å². The van der Waals surface area contributed by atoms with Crippen LogP contribution in [0, 0.1) is 0 Å². The Labute approximate surface area is 400 Å². The molecule has 0 amide bonds. The van der Waals surface area contributed by atoms with Gasteiger partial charge in [0.15, 0.2) is 12.1 Å². The van der Waals surface area contributed by atoms with Gasteiger partial charge in [0.2, 0.25) is 0 Å². The summed E-state index contributed by atoms with van der Waals surface area (Å²) in [6.07, 6.45) is 59.8. The maximum atomic E-state index is 12.8. The first-order valence-electron chi connectivity index (χ1n) is 26.8. The summed E-state index contributed by atoms with van der Waals surface area (Å²) >= 11 is 0. The third-order valence-corrected chi connectivity index (χ3v) is 11.9. The Balaban J connectivity index is 4.28. The van der Waals surface area contributed by atoms with E-state index in [1.54, 1.807) is 0 Å². The summed E-state index contributed by atoms with van der Waals surface area (Å²) in [5.41, 5.74) is 0. The van der Waals surface area contributed by atoms with Crippen LogP contribution in [0.5, 0.6) is 0 Å². The third kappa shape index (κ3) is 46.0. The molecule has 0 aliphatic carbocycles. The highest BCUT2D eigenvalue weighted by molar-refractivity contribution is 5.72. The van der Waals surface area contributed by atoms with E-state index in [0.717, 1.165) is 77.0 Å². The number of unbranched alkanes of at least 4 members (excludes halogenated alkanes) is 24. The highest BCUT2D eigenvalue weighted by atomic mass is 16.6. The van der Waals surface area contributed by atoms with Gasteiger partial charge in [-0.05, 0) is 83.5 Å². The van der Waals surface area contributed by atoms with Crippen molar-refractivity contribution in [2.75, 3.05) is 41.0 Å². The first kappa shape index (κ1) is 62.0. The molecule has 0 aromatic rings. The van der Waals surface area contributed by atoms with Crippen LogP contribution in [0.25, 0.3) is 0 Å². The molecule has 65 heavy (non-hydrogen) atoms. The molecule has 0 rings (SSSR count). The molecule has 0 aromatic heterocycles. The van der Waals surface area contributed by atoms with Gasteiger partial charge in [-0.15, -0.1) is 0 Å². The zero-order valence-electron chi connectivity index (χ0n) is 42.9. The van der Waals surface area contributed by atoms with Crippen molar-refractivity contribution in [1.82, 2.24) is 0 Å². The first-order chi connectivity index (χ1) is 31.6. The van der Waals surface area contributed by atoms with Crippen molar-refractivity contribution in [3.05, 3.63) is 60.8 Å². The monoisotopic (exact) mass is 913 g/mol. The quantitative estimate of drug-likeness (QED) is 0.0281. The second kappa shape index (κ2) is 47.5. The molecule has 8 nitrogen and oxygen atoms in total. The number of carboxylic acids is 1. The number of nitrogens with zero attached hydrogens (tertiary/aromatic N) is 1. The molecule has 0 saturated heterocycles. The molecule has 2 unspecified atom stereocenters. The minimum absolute atomic E-state index is 0.0507. The molecule has 376 valence electrons. The summed E-state index contributed by atoms with van der Waals surface area (Å²) in [4.78, 5) is 37.2. The normalized spacial score (nSPS) is 13.3. The number of esters is 2. The number of hydrogen-bond donors (Lipinski definition) is 1. The van der Waals surface area contributed by atoms with E-state index in [1.807, 2.05) is 21.1 Å². The van der Waals surface area contributed by atoms with Gasteiger partial charge in [-0.2, -0.15) is 0 Å².